The molecular weight excluding hydrogens is 402 g/mol. The van der Waals surface area contributed by atoms with Gasteiger partial charge in [-0.05, 0) is 35.9 Å². The van der Waals surface area contributed by atoms with Crippen molar-refractivity contribution in [3.63, 3.8) is 0 Å². The topological polar surface area (TPSA) is 79.8 Å². The van der Waals surface area contributed by atoms with E-state index in [4.69, 9.17) is 16.3 Å². The number of nitrogens with one attached hydrogen (secondary N) is 2. The predicted molar refractivity (Wildman–Crippen MR) is 117 cm³/mol. The zero-order valence-electron chi connectivity index (χ0n) is 16.0. The Morgan fingerprint density at radius 2 is 1.73 bits per heavy atom. The lowest BCUT2D eigenvalue weighted by atomic mass is 10.2. The van der Waals surface area contributed by atoms with Crippen molar-refractivity contribution in [3.05, 3.63) is 101 Å². The number of nitrogens with zero attached hydrogens (tertiary/aromatic N) is 1. The number of halogens is 1. The summed E-state index contributed by atoms with van der Waals surface area (Å²) in [4.78, 5) is 24.0. The largest absolute Gasteiger partial charge is 0.488 e. The highest BCUT2D eigenvalue weighted by Gasteiger charge is 2.08. The molecule has 0 atom stereocenters. The lowest BCUT2D eigenvalue weighted by Gasteiger charge is -2.09. The highest BCUT2D eigenvalue weighted by atomic mass is 35.5. The van der Waals surface area contributed by atoms with Gasteiger partial charge in [0.05, 0.1) is 12.8 Å². The molecular formula is C23H20ClN3O3. The minimum absolute atomic E-state index is 0.213. The molecule has 0 heterocycles. The third-order valence-corrected chi connectivity index (χ3v) is 4.28. The van der Waals surface area contributed by atoms with Gasteiger partial charge in [0.2, 0.25) is 0 Å². The molecule has 0 spiro atoms. The summed E-state index contributed by atoms with van der Waals surface area (Å²) in [6, 6.07) is 23.7. The molecule has 3 aromatic carbocycles. The molecule has 7 heteroatoms. The molecule has 0 fully saturated rings. The fourth-order valence-electron chi connectivity index (χ4n) is 2.56. The number of ether oxygens (including phenoxy) is 1. The van der Waals surface area contributed by atoms with E-state index in [2.05, 4.69) is 15.8 Å². The Bertz CT molecular complexity index is 1040. The Morgan fingerprint density at radius 1 is 0.967 bits per heavy atom. The fourth-order valence-corrected chi connectivity index (χ4v) is 2.75. The van der Waals surface area contributed by atoms with Gasteiger partial charge in [-0.3, -0.25) is 9.59 Å². The monoisotopic (exact) mass is 421 g/mol. The molecule has 3 rings (SSSR count). The van der Waals surface area contributed by atoms with E-state index < -0.39 is 11.8 Å². The SMILES string of the molecule is O=C(CNC(=O)c1cccc(Cl)c1)N/N=C/c1ccccc1OCc1ccccc1. The summed E-state index contributed by atoms with van der Waals surface area (Å²) in [7, 11) is 0. The molecule has 30 heavy (non-hydrogen) atoms. The summed E-state index contributed by atoms with van der Waals surface area (Å²) in [6.45, 7) is 0.211. The van der Waals surface area contributed by atoms with Crippen LogP contribution in [0.5, 0.6) is 5.75 Å². The van der Waals surface area contributed by atoms with E-state index in [1.807, 2.05) is 54.6 Å². The van der Waals surface area contributed by atoms with Gasteiger partial charge < -0.3 is 10.1 Å². The van der Waals surface area contributed by atoms with Gasteiger partial charge in [0.25, 0.3) is 11.8 Å². The Hall–Kier alpha value is -3.64. The van der Waals surface area contributed by atoms with Crippen molar-refractivity contribution < 1.29 is 14.3 Å². The first-order valence-corrected chi connectivity index (χ1v) is 9.61. The van der Waals surface area contributed by atoms with Crippen molar-refractivity contribution in [3.8, 4) is 5.75 Å². The third kappa shape index (κ3) is 6.46. The zero-order valence-corrected chi connectivity index (χ0v) is 16.8. The second-order valence-electron chi connectivity index (χ2n) is 6.30. The van der Waals surface area contributed by atoms with Crippen LogP contribution in [0.2, 0.25) is 5.02 Å². The molecule has 0 radical (unpaired) electrons. The van der Waals surface area contributed by atoms with Crippen LogP contribution in [-0.2, 0) is 11.4 Å². The van der Waals surface area contributed by atoms with E-state index in [1.54, 1.807) is 18.2 Å². The minimum atomic E-state index is -0.454. The molecule has 0 saturated carbocycles. The maximum atomic E-state index is 12.0. The molecule has 0 aromatic heterocycles. The number of hydrogen-bond acceptors (Lipinski definition) is 4. The Morgan fingerprint density at radius 3 is 2.53 bits per heavy atom. The minimum Gasteiger partial charge on any atom is -0.488 e. The number of rotatable bonds is 8. The average Bonchev–Trinajstić information content (AvgIpc) is 2.77. The van der Waals surface area contributed by atoms with Crippen molar-refractivity contribution in [1.82, 2.24) is 10.7 Å². The second-order valence-corrected chi connectivity index (χ2v) is 6.73. The maximum Gasteiger partial charge on any atom is 0.259 e. The van der Waals surface area contributed by atoms with Crippen LogP contribution in [-0.4, -0.2) is 24.6 Å². The number of carbonyl (C=O) groups is 2. The number of carbonyl (C=O) groups excluding carboxylic acids is 2. The van der Waals surface area contributed by atoms with E-state index in [-0.39, 0.29) is 6.54 Å². The van der Waals surface area contributed by atoms with E-state index in [0.29, 0.717) is 22.9 Å². The van der Waals surface area contributed by atoms with Gasteiger partial charge in [-0.15, -0.1) is 0 Å². The fraction of sp³-hybridized carbons (Fsp3) is 0.0870. The van der Waals surface area contributed by atoms with E-state index >= 15 is 0 Å². The van der Waals surface area contributed by atoms with Crippen molar-refractivity contribution in [1.29, 1.82) is 0 Å². The lowest BCUT2D eigenvalue weighted by molar-refractivity contribution is -0.120. The van der Waals surface area contributed by atoms with Gasteiger partial charge in [-0.25, -0.2) is 5.43 Å². The zero-order chi connectivity index (χ0) is 21.2. The standard InChI is InChI=1S/C23H20ClN3O3/c24-20-11-6-10-18(13-20)23(29)25-15-22(28)27-26-14-19-9-4-5-12-21(19)30-16-17-7-2-1-3-8-17/h1-14H,15-16H2,(H,25,29)(H,27,28)/b26-14+. The lowest BCUT2D eigenvalue weighted by Crippen LogP contribution is -2.34. The predicted octanol–water partition coefficient (Wildman–Crippen LogP) is 3.80. The van der Waals surface area contributed by atoms with Crippen molar-refractivity contribution in [2.75, 3.05) is 6.54 Å². The maximum absolute atomic E-state index is 12.0. The van der Waals surface area contributed by atoms with Crippen molar-refractivity contribution in [2.24, 2.45) is 5.10 Å². The van der Waals surface area contributed by atoms with E-state index in [9.17, 15) is 9.59 Å². The van der Waals surface area contributed by atoms with Gasteiger partial charge >= 0.3 is 0 Å². The first-order chi connectivity index (χ1) is 14.6. The summed E-state index contributed by atoms with van der Waals surface area (Å²) in [5, 5.41) is 6.91. The Kier molecular flexibility index (Phi) is 7.58. The summed E-state index contributed by atoms with van der Waals surface area (Å²) in [5.41, 5.74) is 4.53. The summed E-state index contributed by atoms with van der Waals surface area (Å²) in [6.07, 6.45) is 1.50. The highest BCUT2D eigenvalue weighted by Crippen LogP contribution is 2.17. The third-order valence-electron chi connectivity index (χ3n) is 4.05. The van der Waals surface area contributed by atoms with Crippen LogP contribution in [0.25, 0.3) is 0 Å². The normalized spacial score (nSPS) is 10.6. The van der Waals surface area contributed by atoms with Crippen molar-refractivity contribution in [2.45, 2.75) is 6.61 Å². The summed E-state index contributed by atoms with van der Waals surface area (Å²) < 4.78 is 5.85. The smallest absolute Gasteiger partial charge is 0.259 e. The molecule has 3 aromatic rings. The average molecular weight is 422 g/mol. The number of hydrogen-bond donors (Lipinski definition) is 2. The van der Waals surface area contributed by atoms with Crippen LogP contribution in [0, 0.1) is 0 Å². The molecule has 0 aliphatic carbocycles. The summed E-state index contributed by atoms with van der Waals surface area (Å²) in [5.74, 6) is -0.200. The van der Waals surface area contributed by atoms with Crippen LogP contribution < -0.4 is 15.5 Å². The van der Waals surface area contributed by atoms with Gasteiger partial charge in [0.15, 0.2) is 0 Å². The molecule has 0 bridgehead atoms. The van der Waals surface area contributed by atoms with Crippen LogP contribution in [0.3, 0.4) is 0 Å². The van der Waals surface area contributed by atoms with Gasteiger partial charge in [0, 0.05) is 16.1 Å². The molecule has 2 N–H and O–H groups in total. The second kappa shape index (κ2) is 10.8. The van der Waals surface area contributed by atoms with Crippen LogP contribution in [0.1, 0.15) is 21.5 Å². The van der Waals surface area contributed by atoms with E-state index in [0.717, 1.165) is 11.1 Å². The Balaban J connectivity index is 1.50. The summed E-state index contributed by atoms with van der Waals surface area (Å²) >= 11 is 5.86. The van der Waals surface area contributed by atoms with Gasteiger partial charge in [-0.1, -0.05) is 60.1 Å². The van der Waals surface area contributed by atoms with Gasteiger partial charge in [-0.2, -0.15) is 5.10 Å². The molecule has 0 unspecified atom stereocenters. The number of benzene rings is 3. The van der Waals surface area contributed by atoms with Crippen LogP contribution in [0.15, 0.2) is 84.0 Å². The van der Waals surface area contributed by atoms with Crippen LogP contribution >= 0.6 is 11.6 Å². The molecule has 6 nitrogen and oxygen atoms in total. The molecule has 152 valence electrons. The van der Waals surface area contributed by atoms with Crippen molar-refractivity contribution >= 4 is 29.6 Å². The molecule has 0 saturated heterocycles. The van der Waals surface area contributed by atoms with Crippen LogP contribution in [0.4, 0.5) is 0 Å². The molecule has 0 aliphatic heterocycles. The quantitative estimate of drug-likeness (QED) is 0.429. The van der Waals surface area contributed by atoms with E-state index in [1.165, 1.54) is 12.3 Å². The first-order valence-electron chi connectivity index (χ1n) is 9.23. The number of amides is 2. The first kappa shape index (κ1) is 21.1. The number of hydrazone groups is 1. The number of para-hydroxylation sites is 1. The molecule has 2 amide bonds. The Labute approximate surface area is 179 Å². The highest BCUT2D eigenvalue weighted by molar-refractivity contribution is 6.31. The van der Waals surface area contributed by atoms with Gasteiger partial charge in [0.1, 0.15) is 12.4 Å². The molecule has 0 aliphatic rings.